The molecule has 0 spiro atoms. The highest BCUT2D eigenvalue weighted by molar-refractivity contribution is 5.70. The van der Waals surface area contributed by atoms with Crippen LogP contribution in [0.5, 0.6) is 0 Å². The van der Waals surface area contributed by atoms with Crippen molar-refractivity contribution in [3.8, 4) is 0 Å². The number of nitrogens with zero attached hydrogens (tertiary/aromatic N) is 1. The van der Waals surface area contributed by atoms with E-state index in [0.29, 0.717) is 19.1 Å². The summed E-state index contributed by atoms with van der Waals surface area (Å²) in [6.07, 6.45) is 4.94. The molecule has 0 saturated carbocycles. The molecule has 0 radical (unpaired) electrons. The lowest BCUT2D eigenvalue weighted by Crippen LogP contribution is -2.40. The minimum absolute atomic E-state index is 0.220. The monoisotopic (exact) mass is 393 g/mol. The van der Waals surface area contributed by atoms with Gasteiger partial charge in [0.25, 0.3) is 0 Å². The van der Waals surface area contributed by atoms with E-state index in [2.05, 4.69) is 53.4 Å². The van der Waals surface area contributed by atoms with Crippen molar-refractivity contribution in [1.29, 1.82) is 0 Å². The molecule has 2 aromatic carbocycles. The summed E-state index contributed by atoms with van der Waals surface area (Å²) in [5.74, 6) is -0.500. The van der Waals surface area contributed by atoms with E-state index in [-0.39, 0.29) is 5.92 Å². The Kier molecular flexibility index (Phi) is 6.63. The molecular weight excluding hydrogens is 362 g/mol. The van der Waals surface area contributed by atoms with Crippen molar-refractivity contribution in [2.45, 2.75) is 38.0 Å². The number of benzene rings is 2. The molecule has 4 nitrogen and oxygen atoms in total. The lowest BCUT2D eigenvalue weighted by atomic mass is 9.86. The number of piperidine rings is 1. The number of hydrogen-bond acceptors (Lipinski definition) is 3. The second-order valence-corrected chi connectivity index (χ2v) is 8.33. The number of ether oxygens (including phenoxy) is 1. The second kappa shape index (κ2) is 9.55. The molecule has 1 aliphatic carbocycles. The van der Waals surface area contributed by atoms with Crippen molar-refractivity contribution >= 4 is 5.97 Å². The summed E-state index contributed by atoms with van der Waals surface area (Å²) in [7, 11) is 0. The van der Waals surface area contributed by atoms with Gasteiger partial charge < -0.3 is 14.7 Å². The Labute approximate surface area is 173 Å². The number of aryl methyl sites for hydroxylation is 2. The number of carbonyl (C=O) groups is 1. The molecule has 1 atom stereocenters. The Morgan fingerprint density at radius 2 is 1.66 bits per heavy atom. The van der Waals surface area contributed by atoms with E-state index < -0.39 is 5.97 Å². The van der Waals surface area contributed by atoms with Crippen LogP contribution in [0.15, 0.2) is 48.5 Å². The van der Waals surface area contributed by atoms with Crippen LogP contribution in [0.2, 0.25) is 0 Å². The third-order valence-corrected chi connectivity index (χ3v) is 6.48. The van der Waals surface area contributed by atoms with Crippen LogP contribution >= 0.6 is 0 Å². The van der Waals surface area contributed by atoms with Gasteiger partial charge in [0, 0.05) is 25.6 Å². The Bertz CT molecular complexity index is 787. The molecule has 1 heterocycles. The molecule has 2 aromatic rings. The highest BCUT2D eigenvalue weighted by Crippen LogP contribution is 2.36. The summed E-state index contributed by atoms with van der Waals surface area (Å²) in [4.78, 5) is 13.5. The SMILES string of the molecule is O=C(O)[C@H]1CCCN(CCOCCC2c3ccccc3CCc3ccccc32)C1. The van der Waals surface area contributed by atoms with Gasteiger partial charge in [0.1, 0.15) is 0 Å². The molecule has 0 amide bonds. The maximum absolute atomic E-state index is 11.2. The summed E-state index contributed by atoms with van der Waals surface area (Å²) < 4.78 is 6.02. The minimum Gasteiger partial charge on any atom is -0.481 e. The van der Waals surface area contributed by atoms with Crippen molar-refractivity contribution in [3.63, 3.8) is 0 Å². The quantitative estimate of drug-likeness (QED) is 0.719. The predicted octanol–water partition coefficient (Wildman–Crippen LogP) is 4.12. The number of aliphatic carboxylic acids is 1. The fourth-order valence-electron chi connectivity index (χ4n) is 4.91. The van der Waals surface area contributed by atoms with Crippen molar-refractivity contribution in [2.24, 2.45) is 5.92 Å². The highest BCUT2D eigenvalue weighted by Gasteiger charge is 2.25. The van der Waals surface area contributed by atoms with E-state index in [1.54, 1.807) is 0 Å². The van der Waals surface area contributed by atoms with Gasteiger partial charge in [-0.1, -0.05) is 48.5 Å². The number of rotatable bonds is 7. The Morgan fingerprint density at radius 1 is 1.00 bits per heavy atom. The van der Waals surface area contributed by atoms with Gasteiger partial charge >= 0.3 is 5.97 Å². The van der Waals surface area contributed by atoms with E-state index in [1.165, 1.54) is 22.3 Å². The van der Waals surface area contributed by atoms with Gasteiger partial charge in [-0.2, -0.15) is 0 Å². The molecule has 1 aliphatic heterocycles. The lowest BCUT2D eigenvalue weighted by Gasteiger charge is -2.30. The number of likely N-dealkylation sites (tertiary alicyclic amines) is 1. The third-order valence-electron chi connectivity index (χ3n) is 6.48. The first-order valence-electron chi connectivity index (χ1n) is 10.9. The van der Waals surface area contributed by atoms with Gasteiger partial charge in [0.15, 0.2) is 0 Å². The lowest BCUT2D eigenvalue weighted by molar-refractivity contribution is -0.143. The summed E-state index contributed by atoms with van der Waals surface area (Å²) in [6.45, 7) is 3.85. The Morgan fingerprint density at radius 3 is 2.31 bits per heavy atom. The number of fused-ring (bicyclic) bond motifs is 2. The molecular formula is C25H31NO3. The molecule has 29 heavy (non-hydrogen) atoms. The van der Waals surface area contributed by atoms with Crippen molar-refractivity contribution in [1.82, 2.24) is 4.90 Å². The zero-order valence-corrected chi connectivity index (χ0v) is 17.1. The van der Waals surface area contributed by atoms with Crippen LogP contribution in [-0.4, -0.2) is 48.8 Å². The Balaban J connectivity index is 1.33. The standard InChI is InChI=1S/C25H31NO3/c27-25(28)21-8-5-14-26(18-21)15-17-29-16-13-24-22-9-3-1-6-19(22)11-12-20-7-2-4-10-23(20)24/h1-4,6-7,9-10,21,24H,5,8,11-18H2,(H,27,28)/t21-/m0/s1. The van der Waals surface area contributed by atoms with E-state index in [0.717, 1.165) is 51.8 Å². The molecule has 0 unspecified atom stereocenters. The van der Waals surface area contributed by atoms with E-state index in [4.69, 9.17) is 4.74 Å². The van der Waals surface area contributed by atoms with Gasteiger partial charge in [0.2, 0.25) is 0 Å². The Hall–Kier alpha value is -2.17. The zero-order chi connectivity index (χ0) is 20.1. The minimum atomic E-state index is -0.665. The zero-order valence-electron chi connectivity index (χ0n) is 17.1. The first-order chi connectivity index (χ1) is 14.2. The predicted molar refractivity (Wildman–Crippen MR) is 114 cm³/mol. The normalized spacial score (nSPS) is 19.9. The van der Waals surface area contributed by atoms with E-state index in [9.17, 15) is 9.90 Å². The van der Waals surface area contributed by atoms with Gasteiger partial charge in [-0.05, 0) is 60.9 Å². The third kappa shape index (κ3) is 4.88. The maximum Gasteiger partial charge on any atom is 0.307 e. The van der Waals surface area contributed by atoms with Crippen molar-refractivity contribution < 1.29 is 14.6 Å². The van der Waals surface area contributed by atoms with Gasteiger partial charge in [-0.3, -0.25) is 4.79 Å². The molecule has 0 aromatic heterocycles. The van der Waals surface area contributed by atoms with Crippen LogP contribution in [0, 0.1) is 5.92 Å². The summed E-state index contributed by atoms with van der Waals surface area (Å²) in [6, 6.07) is 17.7. The van der Waals surface area contributed by atoms with Gasteiger partial charge in [0.05, 0.1) is 12.5 Å². The van der Waals surface area contributed by atoms with Crippen LogP contribution in [-0.2, 0) is 22.4 Å². The summed E-state index contributed by atoms with van der Waals surface area (Å²) in [5, 5.41) is 9.24. The number of carboxylic acids is 1. The van der Waals surface area contributed by atoms with Crippen LogP contribution in [0.3, 0.4) is 0 Å². The molecule has 1 N–H and O–H groups in total. The van der Waals surface area contributed by atoms with Crippen LogP contribution in [0.4, 0.5) is 0 Å². The van der Waals surface area contributed by atoms with E-state index in [1.807, 2.05) is 0 Å². The smallest absolute Gasteiger partial charge is 0.307 e. The average molecular weight is 394 g/mol. The molecule has 1 fully saturated rings. The second-order valence-electron chi connectivity index (χ2n) is 8.33. The molecule has 2 aliphatic rings. The summed E-state index contributed by atoms with van der Waals surface area (Å²) >= 11 is 0. The van der Waals surface area contributed by atoms with Crippen molar-refractivity contribution in [3.05, 3.63) is 70.8 Å². The largest absolute Gasteiger partial charge is 0.481 e. The van der Waals surface area contributed by atoms with Crippen molar-refractivity contribution in [2.75, 3.05) is 32.8 Å². The van der Waals surface area contributed by atoms with E-state index >= 15 is 0 Å². The number of carboxylic acid groups (broad SMARTS) is 1. The first kappa shape index (κ1) is 20.1. The molecule has 0 bridgehead atoms. The molecule has 4 rings (SSSR count). The fraction of sp³-hybridized carbons (Fsp3) is 0.480. The van der Waals surface area contributed by atoms with Crippen LogP contribution in [0.25, 0.3) is 0 Å². The summed E-state index contributed by atoms with van der Waals surface area (Å²) in [5.41, 5.74) is 5.81. The fourth-order valence-corrected chi connectivity index (χ4v) is 4.91. The van der Waals surface area contributed by atoms with Gasteiger partial charge in [-0.15, -0.1) is 0 Å². The molecule has 1 saturated heterocycles. The topological polar surface area (TPSA) is 49.8 Å². The average Bonchev–Trinajstić information content (AvgIpc) is 2.91. The van der Waals surface area contributed by atoms with Crippen LogP contribution < -0.4 is 0 Å². The maximum atomic E-state index is 11.2. The van der Waals surface area contributed by atoms with Gasteiger partial charge in [-0.25, -0.2) is 0 Å². The number of hydrogen-bond donors (Lipinski definition) is 1. The first-order valence-corrected chi connectivity index (χ1v) is 10.9. The molecule has 154 valence electrons. The highest BCUT2D eigenvalue weighted by atomic mass is 16.5. The van der Waals surface area contributed by atoms with Crippen LogP contribution in [0.1, 0.15) is 47.4 Å². The molecule has 4 heteroatoms.